The Balaban J connectivity index is 1.63. The van der Waals surface area contributed by atoms with Gasteiger partial charge in [-0.3, -0.25) is 14.4 Å². The number of hydrogen-bond donors (Lipinski definition) is 0. The van der Waals surface area contributed by atoms with Crippen molar-refractivity contribution < 1.29 is 28.7 Å². The number of hydrogen-bond acceptors (Lipinski definition) is 6. The number of rotatable bonds is 8. The Labute approximate surface area is 209 Å². The number of amides is 3. The highest BCUT2D eigenvalue weighted by Crippen LogP contribution is 2.28. The predicted octanol–water partition coefficient (Wildman–Crippen LogP) is 3.85. The van der Waals surface area contributed by atoms with Crippen molar-refractivity contribution in [2.75, 3.05) is 18.6 Å². The zero-order valence-electron chi connectivity index (χ0n) is 20.0. The first-order chi connectivity index (χ1) is 17.4. The van der Waals surface area contributed by atoms with Crippen LogP contribution in [0.1, 0.15) is 39.6 Å². The molecule has 0 bridgehead atoms. The van der Waals surface area contributed by atoms with E-state index >= 15 is 0 Å². The van der Waals surface area contributed by atoms with Crippen LogP contribution in [-0.4, -0.2) is 48.3 Å². The molecule has 0 aromatic heterocycles. The summed E-state index contributed by atoms with van der Waals surface area (Å²) in [6.45, 7) is 2.11. The topological polar surface area (TPSA) is 93.2 Å². The van der Waals surface area contributed by atoms with Gasteiger partial charge in [-0.25, -0.2) is 9.69 Å². The van der Waals surface area contributed by atoms with Gasteiger partial charge in [-0.15, -0.1) is 0 Å². The Kier molecular flexibility index (Phi) is 7.44. The lowest BCUT2D eigenvalue weighted by molar-refractivity contribution is -0.122. The van der Waals surface area contributed by atoms with E-state index in [1.54, 1.807) is 31.2 Å². The van der Waals surface area contributed by atoms with E-state index in [-0.39, 0.29) is 25.5 Å². The minimum Gasteiger partial charge on any atom is -0.497 e. The first-order valence-electron chi connectivity index (χ1n) is 11.6. The smallest absolute Gasteiger partial charge is 0.338 e. The second-order valence-corrected chi connectivity index (χ2v) is 8.20. The quantitative estimate of drug-likeness (QED) is 0.355. The highest BCUT2D eigenvalue weighted by Gasteiger charge is 2.44. The van der Waals surface area contributed by atoms with Gasteiger partial charge < -0.3 is 14.4 Å². The summed E-state index contributed by atoms with van der Waals surface area (Å²) < 4.78 is 10.2. The molecular weight excluding hydrogens is 460 g/mol. The van der Waals surface area contributed by atoms with Gasteiger partial charge in [-0.2, -0.15) is 0 Å². The van der Waals surface area contributed by atoms with E-state index in [0.717, 1.165) is 10.5 Å². The molecule has 1 aliphatic heterocycles. The summed E-state index contributed by atoms with van der Waals surface area (Å²) in [5.41, 5.74) is 1.86. The van der Waals surface area contributed by atoms with Crippen molar-refractivity contribution in [3.05, 3.63) is 95.6 Å². The van der Waals surface area contributed by atoms with Crippen molar-refractivity contribution in [1.29, 1.82) is 0 Å². The summed E-state index contributed by atoms with van der Waals surface area (Å²) in [5.74, 6) is -1.17. The first-order valence-corrected chi connectivity index (χ1v) is 11.6. The number of ether oxygens (including phenoxy) is 2. The molecule has 8 nitrogen and oxygen atoms in total. The summed E-state index contributed by atoms with van der Waals surface area (Å²) in [5, 5.41) is 0. The minimum atomic E-state index is -0.975. The maximum absolute atomic E-state index is 13.6. The Morgan fingerprint density at radius 1 is 0.917 bits per heavy atom. The molecule has 1 saturated heterocycles. The van der Waals surface area contributed by atoms with Crippen LogP contribution in [0.15, 0.2) is 78.9 Å². The third-order valence-corrected chi connectivity index (χ3v) is 5.93. The monoisotopic (exact) mass is 486 g/mol. The van der Waals surface area contributed by atoms with Crippen LogP contribution in [-0.2, 0) is 20.9 Å². The van der Waals surface area contributed by atoms with Gasteiger partial charge in [0.1, 0.15) is 11.8 Å². The highest BCUT2D eigenvalue weighted by molar-refractivity contribution is 6.23. The second-order valence-electron chi connectivity index (χ2n) is 8.20. The standard InChI is InChI=1S/C28H26N2O6/c1-3-36-28(34)21-9-13-22(14-10-21)30-25(31)17-24(27(30)33)29(18-19-7-5-4-6-8-19)26(32)20-11-15-23(35-2)16-12-20/h4-16,24H,3,17-18H2,1-2H3. The SMILES string of the molecule is CCOC(=O)c1ccc(N2C(=O)CC(N(Cc3ccccc3)C(=O)c3ccc(OC)cc3)C2=O)cc1. The third-order valence-electron chi connectivity index (χ3n) is 5.93. The Morgan fingerprint density at radius 3 is 2.17 bits per heavy atom. The number of nitrogens with zero attached hydrogens (tertiary/aromatic N) is 2. The molecule has 3 amide bonds. The summed E-state index contributed by atoms with van der Waals surface area (Å²) >= 11 is 0. The van der Waals surface area contributed by atoms with Crippen molar-refractivity contribution >= 4 is 29.4 Å². The molecule has 1 atom stereocenters. The zero-order chi connectivity index (χ0) is 25.7. The van der Waals surface area contributed by atoms with E-state index in [1.165, 1.54) is 36.3 Å². The molecule has 0 N–H and O–H groups in total. The number of imide groups is 1. The number of benzene rings is 3. The normalized spacial score (nSPS) is 15.1. The molecule has 1 fully saturated rings. The van der Waals surface area contributed by atoms with Crippen LogP contribution >= 0.6 is 0 Å². The number of carbonyl (C=O) groups excluding carboxylic acids is 4. The van der Waals surface area contributed by atoms with Crippen LogP contribution in [0.3, 0.4) is 0 Å². The molecule has 184 valence electrons. The van der Waals surface area contributed by atoms with E-state index < -0.39 is 23.8 Å². The molecule has 0 saturated carbocycles. The summed E-state index contributed by atoms with van der Waals surface area (Å²) in [7, 11) is 1.54. The van der Waals surface area contributed by atoms with Crippen LogP contribution in [0.5, 0.6) is 5.75 Å². The molecule has 4 rings (SSSR count). The van der Waals surface area contributed by atoms with E-state index in [9.17, 15) is 19.2 Å². The molecule has 0 spiro atoms. The van der Waals surface area contributed by atoms with E-state index in [4.69, 9.17) is 9.47 Å². The lowest BCUT2D eigenvalue weighted by atomic mass is 10.1. The largest absolute Gasteiger partial charge is 0.497 e. The van der Waals surface area contributed by atoms with Crippen molar-refractivity contribution in [3.8, 4) is 5.75 Å². The maximum Gasteiger partial charge on any atom is 0.338 e. The number of carbonyl (C=O) groups is 4. The summed E-state index contributed by atoms with van der Waals surface area (Å²) in [4.78, 5) is 54.5. The fraction of sp³-hybridized carbons (Fsp3) is 0.214. The lowest BCUT2D eigenvalue weighted by Crippen LogP contribution is -2.45. The van der Waals surface area contributed by atoms with Crippen molar-refractivity contribution in [2.24, 2.45) is 0 Å². The van der Waals surface area contributed by atoms with Crippen LogP contribution in [0.4, 0.5) is 5.69 Å². The van der Waals surface area contributed by atoms with Crippen LogP contribution in [0.2, 0.25) is 0 Å². The summed E-state index contributed by atoms with van der Waals surface area (Å²) in [6.07, 6.45) is -0.146. The van der Waals surface area contributed by atoms with Gasteiger partial charge in [0.15, 0.2) is 0 Å². The van der Waals surface area contributed by atoms with Crippen LogP contribution in [0, 0.1) is 0 Å². The average molecular weight is 487 g/mol. The molecule has 1 unspecified atom stereocenters. The van der Waals surface area contributed by atoms with E-state index in [2.05, 4.69) is 0 Å². The van der Waals surface area contributed by atoms with Gasteiger partial charge in [-0.1, -0.05) is 30.3 Å². The maximum atomic E-state index is 13.6. The predicted molar refractivity (Wildman–Crippen MR) is 133 cm³/mol. The Bertz CT molecular complexity index is 1260. The molecule has 1 aliphatic rings. The van der Waals surface area contributed by atoms with Gasteiger partial charge in [0.25, 0.3) is 11.8 Å². The average Bonchev–Trinajstić information content (AvgIpc) is 3.21. The van der Waals surface area contributed by atoms with Gasteiger partial charge in [0.05, 0.1) is 31.4 Å². The molecule has 8 heteroatoms. The van der Waals surface area contributed by atoms with E-state index in [0.29, 0.717) is 22.6 Å². The fourth-order valence-corrected chi connectivity index (χ4v) is 4.09. The number of esters is 1. The molecule has 0 aliphatic carbocycles. The molecule has 3 aromatic carbocycles. The first kappa shape index (κ1) is 24.7. The van der Waals surface area contributed by atoms with Gasteiger partial charge >= 0.3 is 5.97 Å². The Morgan fingerprint density at radius 2 is 1.56 bits per heavy atom. The molecule has 3 aromatic rings. The van der Waals surface area contributed by atoms with Gasteiger partial charge in [-0.05, 0) is 61.0 Å². The lowest BCUT2D eigenvalue weighted by Gasteiger charge is -2.28. The molecule has 0 radical (unpaired) electrons. The second kappa shape index (κ2) is 10.9. The molecule has 36 heavy (non-hydrogen) atoms. The van der Waals surface area contributed by atoms with Crippen molar-refractivity contribution in [1.82, 2.24) is 4.90 Å². The van der Waals surface area contributed by atoms with Crippen LogP contribution < -0.4 is 9.64 Å². The number of methoxy groups -OCH3 is 1. The third kappa shape index (κ3) is 5.12. The van der Waals surface area contributed by atoms with Crippen molar-refractivity contribution in [3.63, 3.8) is 0 Å². The Hall–Kier alpha value is -4.46. The van der Waals surface area contributed by atoms with Gasteiger partial charge in [0, 0.05) is 12.1 Å². The minimum absolute atomic E-state index is 0.146. The van der Waals surface area contributed by atoms with Gasteiger partial charge in [0.2, 0.25) is 5.91 Å². The number of anilines is 1. The van der Waals surface area contributed by atoms with Crippen LogP contribution in [0.25, 0.3) is 0 Å². The fourth-order valence-electron chi connectivity index (χ4n) is 4.09. The highest BCUT2D eigenvalue weighted by atomic mass is 16.5. The van der Waals surface area contributed by atoms with Crippen molar-refractivity contribution in [2.45, 2.75) is 25.9 Å². The molecule has 1 heterocycles. The van der Waals surface area contributed by atoms with E-state index in [1.807, 2.05) is 30.3 Å². The zero-order valence-corrected chi connectivity index (χ0v) is 20.0. The molecular formula is C28H26N2O6. The summed E-state index contributed by atoms with van der Waals surface area (Å²) in [6, 6.07) is 21.0.